The fraction of sp³-hybridized carbons (Fsp3) is 0.167. The first-order chi connectivity index (χ1) is 12.5. The van der Waals surface area contributed by atoms with Gasteiger partial charge in [-0.2, -0.15) is 0 Å². The highest BCUT2D eigenvalue weighted by atomic mass is 35.5. The van der Waals surface area contributed by atoms with E-state index in [1.54, 1.807) is 42.5 Å². The molecule has 0 unspecified atom stereocenters. The van der Waals surface area contributed by atoms with E-state index in [2.05, 4.69) is 10.6 Å². The molecule has 0 atom stereocenters. The van der Waals surface area contributed by atoms with Gasteiger partial charge in [-0.15, -0.1) is 0 Å². The lowest BCUT2D eigenvalue weighted by Gasteiger charge is -2.14. The summed E-state index contributed by atoms with van der Waals surface area (Å²) in [6.45, 7) is 0.516. The number of hydrogen-bond acceptors (Lipinski definition) is 3. The van der Waals surface area contributed by atoms with Crippen molar-refractivity contribution < 1.29 is 14.4 Å². The van der Waals surface area contributed by atoms with Gasteiger partial charge in [0.15, 0.2) is 0 Å². The van der Waals surface area contributed by atoms with Crippen molar-refractivity contribution in [1.29, 1.82) is 0 Å². The first-order valence-corrected chi connectivity index (χ1v) is 8.68. The van der Waals surface area contributed by atoms with E-state index in [0.717, 1.165) is 0 Å². The Hall–Kier alpha value is -2.57. The van der Waals surface area contributed by atoms with Crippen LogP contribution in [0.2, 0.25) is 10.0 Å². The molecule has 2 N–H and O–H groups in total. The van der Waals surface area contributed by atoms with E-state index in [9.17, 15) is 14.4 Å². The third-order valence-corrected chi connectivity index (χ3v) is 4.74. The number of nitrogens with one attached hydrogen (secondary N) is 2. The highest BCUT2D eigenvalue weighted by Crippen LogP contribution is 2.29. The molecule has 2 aromatic rings. The number of halogens is 2. The van der Waals surface area contributed by atoms with Gasteiger partial charge in [0.05, 0.1) is 26.9 Å². The molecule has 0 saturated carbocycles. The van der Waals surface area contributed by atoms with Crippen molar-refractivity contribution in [1.82, 2.24) is 10.2 Å². The fourth-order valence-corrected chi connectivity index (χ4v) is 3.00. The summed E-state index contributed by atoms with van der Waals surface area (Å²) in [6, 6.07) is 11.2. The minimum absolute atomic E-state index is 0.227. The Kier molecular flexibility index (Phi) is 5.44. The van der Waals surface area contributed by atoms with Gasteiger partial charge in [0, 0.05) is 13.1 Å². The number of fused-ring (bicyclic) bond motifs is 1. The molecule has 0 saturated heterocycles. The number of imide groups is 1. The van der Waals surface area contributed by atoms with Crippen LogP contribution in [0.1, 0.15) is 27.1 Å². The van der Waals surface area contributed by atoms with Gasteiger partial charge < -0.3 is 10.6 Å². The van der Waals surface area contributed by atoms with Gasteiger partial charge in [0.1, 0.15) is 0 Å². The second-order valence-corrected chi connectivity index (χ2v) is 6.43. The van der Waals surface area contributed by atoms with Gasteiger partial charge in [-0.05, 0) is 30.7 Å². The van der Waals surface area contributed by atoms with Gasteiger partial charge in [0.2, 0.25) is 0 Å². The summed E-state index contributed by atoms with van der Waals surface area (Å²) in [5, 5.41) is 5.85. The van der Waals surface area contributed by atoms with E-state index in [1.165, 1.54) is 4.90 Å². The SMILES string of the molecule is O=C(NCCCN1C(=O)c2ccccc2C1=O)Nc1cccc(Cl)c1Cl. The highest BCUT2D eigenvalue weighted by Gasteiger charge is 2.34. The van der Waals surface area contributed by atoms with E-state index >= 15 is 0 Å². The van der Waals surface area contributed by atoms with Gasteiger partial charge in [-0.3, -0.25) is 14.5 Å². The van der Waals surface area contributed by atoms with Crippen molar-refractivity contribution in [2.45, 2.75) is 6.42 Å². The maximum Gasteiger partial charge on any atom is 0.319 e. The number of carbonyl (C=O) groups excluding carboxylic acids is 3. The first-order valence-electron chi connectivity index (χ1n) is 7.93. The standard InChI is InChI=1S/C18H15Cl2N3O3/c19-13-7-3-8-14(15(13)20)22-18(26)21-9-4-10-23-16(24)11-5-1-2-6-12(11)17(23)25/h1-3,5-8H,4,9-10H2,(H2,21,22,26). The molecule has 6 nitrogen and oxygen atoms in total. The number of urea groups is 1. The topological polar surface area (TPSA) is 78.5 Å². The van der Waals surface area contributed by atoms with Gasteiger partial charge in [-0.25, -0.2) is 4.79 Å². The second-order valence-electron chi connectivity index (χ2n) is 5.64. The van der Waals surface area contributed by atoms with E-state index in [1.807, 2.05) is 0 Å². The predicted octanol–water partition coefficient (Wildman–Crippen LogP) is 3.80. The molecule has 0 spiro atoms. The highest BCUT2D eigenvalue weighted by molar-refractivity contribution is 6.43. The molecule has 1 heterocycles. The quantitative estimate of drug-likeness (QED) is 0.600. The molecule has 3 rings (SSSR count). The van der Waals surface area contributed by atoms with Crippen molar-refractivity contribution in [2.24, 2.45) is 0 Å². The number of nitrogens with zero attached hydrogens (tertiary/aromatic N) is 1. The summed E-state index contributed by atoms with van der Waals surface area (Å²) in [7, 11) is 0. The Bertz CT molecular complexity index is 851. The molecule has 8 heteroatoms. The lowest BCUT2D eigenvalue weighted by atomic mass is 10.1. The lowest BCUT2D eigenvalue weighted by molar-refractivity contribution is 0.0653. The van der Waals surface area contributed by atoms with Crippen molar-refractivity contribution in [3.63, 3.8) is 0 Å². The summed E-state index contributed by atoms with van der Waals surface area (Å²) in [6.07, 6.45) is 0.433. The van der Waals surface area contributed by atoms with E-state index in [-0.39, 0.29) is 29.9 Å². The van der Waals surface area contributed by atoms with Crippen LogP contribution in [0.25, 0.3) is 0 Å². The Morgan fingerprint density at radius 3 is 2.27 bits per heavy atom. The van der Waals surface area contributed by atoms with Crippen molar-refractivity contribution in [3.05, 3.63) is 63.6 Å². The first kappa shape index (κ1) is 18.2. The summed E-state index contributed by atoms with van der Waals surface area (Å²) in [5.74, 6) is -0.610. The summed E-state index contributed by atoms with van der Waals surface area (Å²) in [5.41, 5.74) is 1.23. The van der Waals surface area contributed by atoms with Crippen LogP contribution in [-0.4, -0.2) is 35.8 Å². The van der Waals surface area contributed by atoms with E-state index in [4.69, 9.17) is 23.2 Å². The van der Waals surface area contributed by atoms with Crippen molar-refractivity contribution in [3.8, 4) is 0 Å². The van der Waals surface area contributed by atoms with Crippen LogP contribution < -0.4 is 10.6 Å². The average Bonchev–Trinajstić information content (AvgIpc) is 2.87. The number of amides is 4. The van der Waals surface area contributed by atoms with Crippen LogP contribution in [0.4, 0.5) is 10.5 Å². The van der Waals surface area contributed by atoms with Gasteiger partial charge in [-0.1, -0.05) is 41.4 Å². The largest absolute Gasteiger partial charge is 0.338 e. The minimum Gasteiger partial charge on any atom is -0.338 e. The molecule has 134 valence electrons. The zero-order valence-electron chi connectivity index (χ0n) is 13.6. The molecule has 0 radical (unpaired) electrons. The molecule has 0 fully saturated rings. The average molecular weight is 392 g/mol. The number of rotatable bonds is 5. The fourth-order valence-electron chi connectivity index (χ4n) is 2.65. The molecule has 0 aromatic heterocycles. The maximum atomic E-state index is 12.2. The molecular weight excluding hydrogens is 377 g/mol. The normalized spacial score (nSPS) is 12.9. The zero-order valence-corrected chi connectivity index (χ0v) is 15.1. The van der Waals surface area contributed by atoms with E-state index < -0.39 is 6.03 Å². The predicted molar refractivity (Wildman–Crippen MR) is 99.9 cm³/mol. The molecule has 26 heavy (non-hydrogen) atoms. The molecule has 1 aliphatic rings. The molecule has 4 amide bonds. The van der Waals surface area contributed by atoms with Crippen LogP contribution in [0.3, 0.4) is 0 Å². The monoisotopic (exact) mass is 391 g/mol. The molecule has 0 bridgehead atoms. The van der Waals surface area contributed by atoms with Crippen LogP contribution in [-0.2, 0) is 0 Å². The number of benzene rings is 2. The maximum absolute atomic E-state index is 12.2. The van der Waals surface area contributed by atoms with Gasteiger partial charge >= 0.3 is 6.03 Å². The Morgan fingerprint density at radius 1 is 0.962 bits per heavy atom. The van der Waals surface area contributed by atoms with Crippen LogP contribution in [0, 0.1) is 0 Å². The lowest BCUT2D eigenvalue weighted by Crippen LogP contribution is -2.35. The smallest absolute Gasteiger partial charge is 0.319 e. The second kappa shape index (κ2) is 7.76. The molecular formula is C18H15Cl2N3O3. The number of anilines is 1. The molecule has 2 aromatic carbocycles. The summed E-state index contributed by atoms with van der Waals surface area (Å²) in [4.78, 5) is 37.5. The van der Waals surface area contributed by atoms with Crippen molar-refractivity contribution in [2.75, 3.05) is 18.4 Å². The summed E-state index contributed by atoms with van der Waals surface area (Å²) < 4.78 is 0. The van der Waals surface area contributed by atoms with E-state index in [0.29, 0.717) is 28.3 Å². The van der Waals surface area contributed by atoms with Crippen molar-refractivity contribution >= 4 is 46.7 Å². The summed E-state index contributed by atoms with van der Waals surface area (Å²) >= 11 is 11.9. The van der Waals surface area contributed by atoms with Crippen LogP contribution >= 0.6 is 23.2 Å². The van der Waals surface area contributed by atoms with Crippen LogP contribution in [0.15, 0.2) is 42.5 Å². The third kappa shape index (κ3) is 3.66. The Labute approximate surface area is 160 Å². The number of carbonyl (C=O) groups is 3. The molecule has 0 aliphatic carbocycles. The van der Waals surface area contributed by atoms with Gasteiger partial charge in [0.25, 0.3) is 11.8 Å². The van der Waals surface area contributed by atoms with Crippen LogP contribution in [0.5, 0.6) is 0 Å². The molecule has 1 aliphatic heterocycles. The zero-order chi connectivity index (χ0) is 18.7. The Morgan fingerprint density at radius 2 is 1.62 bits per heavy atom. The minimum atomic E-state index is -0.448. The number of hydrogen-bond donors (Lipinski definition) is 2. The third-order valence-electron chi connectivity index (χ3n) is 3.92. The Balaban J connectivity index is 1.48.